The van der Waals surface area contributed by atoms with Crippen LogP contribution in [0.15, 0.2) is 24.3 Å². The van der Waals surface area contributed by atoms with Crippen molar-refractivity contribution in [2.24, 2.45) is 11.1 Å². The number of rotatable bonds is 3. The molecule has 1 aromatic carbocycles. The van der Waals surface area contributed by atoms with Gasteiger partial charge in [0.25, 0.3) is 0 Å². The number of carbonyl (C=O) groups excluding carboxylic acids is 1. The number of ether oxygens (including phenoxy) is 1. The third-order valence-electron chi connectivity index (χ3n) is 2.89. The second-order valence-electron chi connectivity index (χ2n) is 4.61. The monoisotopic (exact) mass is 221 g/mol. The highest BCUT2D eigenvalue weighted by Gasteiger charge is 2.36. The van der Waals surface area contributed by atoms with Gasteiger partial charge in [-0.2, -0.15) is 0 Å². The summed E-state index contributed by atoms with van der Waals surface area (Å²) in [5, 5.41) is 0. The number of benzene rings is 1. The molecule has 3 heteroatoms. The molecule has 2 N–H and O–H groups in total. The van der Waals surface area contributed by atoms with Crippen molar-refractivity contribution in [2.75, 3.05) is 7.11 Å². The van der Waals surface area contributed by atoms with Gasteiger partial charge in [-0.3, -0.25) is 4.79 Å². The second kappa shape index (κ2) is 4.66. The topological polar surface area (TPSA) is 52.3 Å². The number of methoxy groups -OCH3 is 1. The van der Waals surface area contributed by atoms with Gasteiger partial charge in [0.2, 0.25) is 0 Å². The lowest BCUT2D eigenvalue weighted by atomic mass is 9.81. The van der Waals surface area contributed by atoms with Crippen molar-refractivity contribution in [3.63, 3.8) is 0 Å². The Morgan fingerprint density at radius 2 is 2.06 bits per heavy atom. The number of aryl methyl sites for hydroxylation is 1. The van der Waals surface area contributed by atoms with Gasteiger partial charge < -0.3 is 10.5 Å². The Labute approximate surface area is 96.6 Å². The van der Waals surface area contributed by atoms with Gasteiger partial charge in [0.15, 0.2) is 0 Å². The molecule has 88 valence electrons. The Balaban J connectivity index is 3.01. The molecule has 0 spiro atoms. The highest BCUT2D eigenvalue weighted by molar-refractivity contribution is 5.77. The first-order valence-electron chi connectivity index (χ1n) is 5.30. The number of hydrogen-bond donors (Lipinski definition) is 1. The Bertz CT molecular complexity index is 385. The van der Waals surface area contributed by atoms with Crippen LogP contribution in [-0.4, -0.2) is 13.1 Å². The molecule has 0 radical (unpaired) electrons. The first-order chi connectivity index (χ1) is 7.39. The fourth-order valence-corrected chi connectivity index (χ4v) is 1.67. The standard InChI is InChI=1S/C13H19NO2/c1-9-6-5-7-10(8-9)11(14)13(2,3)12(15)16-4/h5-8,11H,14H2,1-4H3. The van der Waals surface area contributed by atoms with Crippen molar-refractivity contribution >= 4 is 5.97 Å². The molecule has 1 aromatic rings. The van der Waals surface area contributed by atoms with Gasteiger partial charge in [0.1, 0.15) is 0 Å². The van der Waals surface area contributed by atoms with E-state index >= 15 is 0 Å². The van der Waals surface area contributed by atoms with Crippen molar-refractivity contribution in [1.82, 2.24) is 0 Å². The van der Waals surface area contributed by atoms with Crippen LogP contribution in [0.1, 0.15) is 31.0 Å². The summed E-state index contributed by atoms with van der Waals surface area (Å²) in [6.45, 7) is 5.60. The molecule has 0 fully saturated rings. The Morgan fingerprint density at radius 3 is 2.56 bits per heavy atom. The zero-order valence-electron chi connectivity index (χ0n) is 10.3. The van der Waals surface area contributed by atoms with E-state index in [0.717, 1.165) is 11.1 Å². The van der Waals surface area contributed by atoms with E-state index in [4.69, 9.17) is 10.5 Å². The van der Waals surface area contributed by atoms with Crippen LogP contribution < -0.4 is 5.73 Å². The van der Waals surface area contributed by atoms with E-state index in [0.29, 0.717) is 0 Å². The zero-order valence-corrected chi connectivity index (χ0v) is 10.3. The van der Waals surface area contributed by atoms with Gasteiger partial charge in [-0.25, -0.2) is 0 Å². The van der Waals surface area contributed by atoms with Crippen molar-refractivity contribution in [2.45, 2.75) is 26.8 Å². The van der Waals surface area contributed by atoms with Crippen molar-refractivity contribution in [3.8, 4) is 0 Å². The largest absolute Gasteiger partial charge is 0.469 e. The third-order valence-corrected chi connectivity index (χ3v) is 2.89. The van der Waals surface area contributed by atoms with Crippen LogP contribution in [0.5, 0.6) is 0 Å². The summed E-state index contributed by atoms with van der Waals surface area (Å²) >= 11 is 0. The Morgan fingerprint density at radius 1 is 1.44 bits per heavy atom. The molecule has 0 aliphatic rings. The maximum Gasteiger partial charge on any atom is 0.313 e. The highest BCUT2D eigenvalue weighted by atomic mass is 16.5. The number of nitrogens with two attached hydrogens (primary N) is 1. The fourth-order valence-electron chi connectivity index (χ4n) is 1.67. The summed E-state index contributed by atoms with van der Waals surface area (Å²) in [7, 11) is 1.38. The summed E-state index contributed by atoms with van der Waals surface area (Å²) < 4.78 is 4.77. The SMILES string of the molecule is COC(=O)C(C)(C)C(N)c1cccc(C)c1. The maximum absolute atomic E-state index is 11.6. The van der Waals surface area contributed by atoms with Gasteiger partial charge in [0.05, 0.1) is 12.5 Å². The first kappa shape index (κ1) is 12.7. The van der Waals surface area contributed by atoms with E-state index in [-0.39, 0.29) is 12.0 Å². The van der Waals surface area contributed by atoms with Crippen molar-refractivity contribution in [1.29, 1.82) is 0 Å². The smallest absolute Gasteiger partial charge is 0.313 e. The fraction of sp³-hybridized carbons (Fsp3) is 0.462. The average Bonchev–Trinajstić information content (AvgIpc) is 2.26. The number of carbonyl (C=O) groups is 1. The van der Waals surface area contributed by atoms with E-state index in [2.05, 4.69) is 0 Å². The summed E-state index contributed by atoms with van der Waals surface area (Å²) in [5.74, 6) is -0.290. The second-order valence-corrected chi connectivity index (χ2v) is 4.61. The molecule has 1 unspecified atom stereocenters. The normalized spacial score (nSPS) is 13.3. The summed E-state index contributed by atoms with van der Waals surface area (Å²) in [5.41, 5.74) is 7.48. The van der Waals surface area contributed by atoms with Gasteiger partial charge >= 0.3 is 5.97 Å². The van der Waals surface area contributed by atoms with Crippen LogP contribution >= 0.6 is 0 Å². The molecule has 0 saturated carbocycles. The predicted molar refractivity (Wildman–Crippen MR) is 63.9 cm³/mol. The minimum atomic E-state index is -0.720. The van der Waals surface area contributed by atoms with Crippen molar-refractivity contribution < 1.29 is 9.53 Å². The molecular formula is C13H19NO2. The molecule has 0 aliphatic heterocycles. The van der Waals surface area contributed by atoms with E-state index in [1.54, 1.807) is 13.8 Å². The lowest BCUT2D eigenvalue weighted by molar-refractivity contribution is -0.152. The summed E-state index contributed by atoms with van der Waals surface area (Å²) in [4.78, 5) is 11.6. The third kappa shape index (κ3) is 2.42. The van der Waals surface area contributed by atoms with Crippen LogP contribution in [0.25, 0.3) is 0 Å². The molecular weight excluding hydrogens is 202 g/mol. The average molecular weight is 221 g/mol. The molecule has 1 rings (SSSR count). The maximum atomic E-state index is 11.6. The number of hydrogen-bond acceptors (Lipinski definition) is 3. The lowest BCUT2D eigenvalue weighted by Crippen LogP contribution is -2.37. The zero-order chi connectivity index (χ0) is 12.3. The van der Waals surface area contributed by atoms with Gasteiger partial charge in [-0.1, -0.05) is 29.8 Å². The molecule has 3 nitrogen and oxygen atoms in total. The van der Waals surface area contributed by atoms with Crippen LogP contribution in [0.2, 0.25) is 0 Å². The number of esters is 1. The van der Waals surface area contributed by atoms with Crippen LogP contribution in [0.3, 0.4) is 0 Å². The molecule has 0 heterocycles. The highest BCUT2D eigenvalue weighted by Crippen LogP contribution is 2.32. The Hall–Kier alpha value is -1.35. The van der Waals surface area contributed by atoms with E-state index in [9.17, 15) is 4.79 Å². The first-order valence-corrected chi connectivity index (χ1v) is 5.30. The molecule has 0 aromatic heterocycles. The minimum Gasteiger partial charge on any atom is -0.469 e. The van der Waals surface area contributed by atoms with Crippen LogP contribution in [-0.2, 0) is 9.53 Å². The summed E-state index contributed by atoms with van der Waals surface area (Å²) in [6, 6.07) is 7.51. The van der Waals surface area contributed by atoms with E-state index in [1.165, 1.54) is 7.11 Å². The Kier molecular flexibility index (Phi) is 3.70. The van der Waals surface area contributed by atoms with Gasteiger partial charge in [-0.05, 0) is 26.3 Å². The summed E-state index contributed by atoms with van der Waals surface area (Å²) in [6.07, 6.45) is 0. The van der Waals surface area contributed by atoms with Crippen LogP contribution in [0, 0.1) is 12.3 Å². The quantitative estimate of drug-likeness (QED) is 0.796. The molecule has 16 heavy (non-hydrogen) atoms. The predicted octanol–water partition coefficient (Wildman–Crippen LogP) is 2.19. The van der Waals surface area contributed by atoms with E-state index < -0.39 is 5.41 Å². The minimum absolute atomic E-state index is 0.290. The van der Waals surface area contributed by atoms with Crippen LogP contribution in [0.4, 0.5) is 0 Å². The molecule has 1 atom stereocenters. The van der Waals surface area contributed by atoms with Gasteiger partial charge in [-0.15, -0.1) is 0 Å². The molecule has 0 aliphatic carbocycles. The van der Waals surface area contributed by atoms with Crippen molar-refractivity contribution in [3.05, 3.63) is 35.4 Å². The molecule has 0 saturated heterocycles. The van der Waals surface area contributed by atoms with E-state index in [1.807, 2.05) is 31.2 Å². The molecule has 0 bridgehead atoms. The lowest BCUT2D eigenvalue weighted by Gasteiger charge is -2.29. The molecule has 0 amide bonds. The van der Waals surface area contributed by atoms with Gasteiger partial charge in [0, 0.05) is 6.04 Å².